The molecular formula is C10H14N4OS. The zero-order chi connectivity index (χ0) is 11.7. The molecule has 86 valence electrons. The summed E-state index contributed by atoms with van der Waals surface area (Å²) in [6.07, 6.45) is 0.483. The molecule has 0 bridgehead atoms. The molecule has 1 aliphatic heterocycles. The van der Waals surface area contributed by atoms with Gasteiger partial charge in [-0.15, -0.1) is 0 Å². The molecule has 1 saturated heterocycles. The molecule has 0 saturated carbocycles. The van der Waals surface area contributed by atoms with Crippen molar-refractivity contribution in [2.24, 2.45) is 5.92 Å². The van der Waals surface area contributed by atoms with E-state index in [1.54, 1.807) is 0 Å². The van der Waals surface area contributed by atoms with Gasteiger partial charge in [0, 0.05) is 13.1 Å². The maximum absolute atomic E-state index is 9.65. The van der Waals surface area contributed by atoms with Crippen molar-refractivity contribution in [3.05, 3.63) is 5.56 Å². The lowest BCUT2D eigenvalue weighted by molar-refractivity contribution is 0.0972. The van der Waals surface area contributed by atoms with Gasteiger partial charge in [-0.1, -0.05) is 6.92 Å². The highest BCUT2D eigenvalue weighted by atomic mass is 32.1. The van der Waals surface area contributed by atoms with Crippen molar-refractivity contribution >= 4 is 22.4 Å². The van der Waals surface area contributed by atoms with Gasteiger partial charge >= 0.3 is 0 Å². The van der Waals surface area contributed by atoms with Crippen molar-refractivity contribution in [1.82, 2.24) is 4.37 Å². The molecule has 0 amide bonds. The lowest BCUT2D eigenvalue weighted by Gasteiger charge is -2.34. The Kier molecular flexibility index (Phi) is 2.99. The molecule has 0 aromatic carbocycles. The molecule has 1 aromatic heterocycles. The first kappa shape index (κ1) is 11.2. The first-order valence-corrected chi connectivity index (χ1v) is 5.99. The van der Waals surface area contributed by atoms with Crippen LogP contribution in [0, 0.1) is 17.2 Å². The molecule has 1 aromatic rings. The van der Waals surface area contributed by atoms with E-state index in [0.29, 0.717) is 11.4 Å². The molecule has 16 heavy (non-hydrogen) atoms. The van der Waals surface area contributed by atoms with Crippen LogP contribution < -0.4 is 10.6 Å². The third kappa shape index (κ3) is 1.84. The largest absolute Gasteiger partial charge is 0.393 e. The number of nitrogens with zero attached hydrogens (tertiary/aromatic N) is 3. The highest BCUT2D eigenvalue weighted by molar-refractivity contribution is 7.10. The molecule has 1 aliphatic rings. The minimum absolute atomic E-state index is 0.212. The Labute approximate surface area is 98.3 Å². The summed E-state index contributed by atoms with van der Waals surface area (Å²) in [4.78, 5) is 2.09. The average Bonchev–Trinajstić information content (AvgIpc) is 2.63. The van der Waals surface area contributed by atoms with Crippen LogP contribution in [0.2, 0.25) is 0 Å². The minimum atomic E-state index is -0.243. The Balaban J connectivity index is 2.22. The summed E-state index contributed by atoms with van der Waals surface area (Å²) in [5.41, 5.74) is 6.09. The van der Waals surface area contributed by atoms with E-state index in [1.807, 2.05) is 6.92 Å². The summed E-state index contributed by atoms with van der Waals surface area (Å²) in [5, 5.41) is 19.5. The Morgan fingerprint density at radius 3 is 3.06 bits per heavy atom. The van der Waals surface area contributed by atoms with Crippen molar-refractivity contribution in [2.45, 2.75) is 19.4 Å². The molecule has 1 fully saturated rings. The Hall–Kier alpha value is -1.32. The fourth-order valence-electron chi connectivity index (χ4n) is 1.93. The maximum atomic E-state index is 9.65. The van der Waals surface area contributed by atoms with E-state index in [0.717, 1.165) is 24.5 Å². The molecular weight excluding hydrogens is 224 g/mol. The summed E-state index contributed by atoms with van der Waals surface area (Å²) in [5.74, 6) is 0.518. The van der Waals surface area contributed by atoms with Crippen molar-refractivity contribution in [3.8, 4) is 6.07 Å². The number of aliphatic hydroxyl groups excluding tert-OH is 1. The molecule has 0 radical (unpaired) electrons. The number of anilines is 2. The van der Waals surface area contributed by atoms with Crippen molar-refractivity contribution in [2.75, 3.05) is 23.7 Å². The van der Waals surface area contributed by atoms with Crippen LogP contribution in [-0.4, -0.2) is 28.7 Å². The van der Waals surface area contributed by atoms with Gasteiger partial charge in [-0.25, -0.2) is 0 Å². The van der Waals surface area contributed by atoms with E-state index in [2.05, 4.69) is 15.3 Å². The summed E-state index contributed by atoms with van der Waals surface area (Å²) in [6, 6.07) is 2.09. The van der Waals surface area contributed by atoms with Crippen LogP contribution in [0.3, 0.4) is 0 Å². The molecule has 3 N–H and O–H groups in total. The van der Waals surface area contributed by atoms with Gasteiger partial charge in [-0.05, 0) is 23.9 Å². The second-order valence-corrected chi connectivity index (χ2v) is 4.89. The molecule has 2 atom stereocenters. The second kappa shape index (κ2) is 4.28. The Morgan fingerprint density at radius 2 is 2.44 bits per heavy atom. The topological polar surface area (TPSA) is 86.2 Å². The van der Waals surface area contributed by atoms with Crippen LogP contribution in [0.1, 0.15) is 18.9 Å². The zero-order valence-corrected chi connectivity index (χ0v) is 9.87. The lowest BCUT2D eigenvalue weighted by Crippen LogP contribution is -2.41. The summed E-state index contributed by atoms with van der Waals surface area (Å²) in [6.45, 7) is 3.51. The lowest BCUT2D eigenvalue weighted by atomic mass is 9.97. The summed E-state index contributed by atoms with van der Waals surface area (Å²) >= 11 is 1.26. The van der Waals surface area contributed by atoms with Gasteiger partial charge < -0.3 is 15.7 Å². The molecule has 5 nitrogen and oxygen atoms in total. The molecule has 0 aliphatic carbocycles. The first-order valence-electron chi connectivity index (χ1n) is 5.21. The number of aromatic nitrogens is 1. The maximum Gasteiger partial charge on any atom is 0.157 e. The Bertz CT molecular complexity index is 425. The smallest absolute Gasteiger partial charge is 0.157 e. The average molecular weight is 238 g/mol. The number of nitrogens with two attached hydrogens (primary N) is 1. The Morgan fingerprint density at radius 1 is 1.69 bits per heavy atom. The molecule has 2 unspecified atom stereocenters. The van der Waals surface area contributed by atoms with Crippen LogP contribution >= 0.6 is 11.5 Å². The third-order valence-electron chi connectivity index (χ3n) is 2.96. The number of hydrogen-bond donors (Lipinski definition) is 2. The van der Waals surface area contributed by atoms with E-state index < -0.39 is 0 Å². The number of piperidine rings is 1. The standard InChI is InChI=1S/C10H14N4OS/c1-6-5-14(3-2-8(6)15)10-7(4-11)9(12)13-16-10/h6,8,15H,2-3,5H2,1H3,(H2,12,13). The predicted molar refractivity (Wildman–Crippen MR) is 63.2 cm³/mol. The van der Waals surface area contributed by atoms with Gasteiger partial charge in [0.05, 0.1) is 6.10 Å². The number of nitrogen functional groups attached to an aromatic ring is 1. The fourth-order valence-corrected chi connectivity index (χ4v) is 2.73. The second-order valence-electron chi connectivity index (χ2n) is 4.14. The van der Waals surface area contributed by atoms with Gasteiger partial charge in [0.15, 0.2) is 5.82 Å². The summed E-state index contributed by atoms with van der Waals surface area (Å²) in [7, 11) is 0. The van der Waals surface area contributed by atoms with E-state index in [-0.39, 0.29) is 12.0 Å². The van der Waals surface area contributed by atoms with Crippen LogP contribution in [0.5, 0.6) is 0 Å². The van der Waals surface area contributed by atoms with Crippen molar-refractivity contribution in [1.29, 1.82) is 5.26 Å². The van der Waals surface area contributed by atoms with E-state index in [4.69, 9.17) is 11.0 Å². The van der Waals surface area contributed by atoms with E-state index in [1.165, 1.54) is 11.5 Å². The molecule has 6 heteroatoms. The van der Waals surface area contributed by atoms with Gasteiger partial charge in [0.1, 0.15) is 16.6 Å². The van der Waals surface area contributed by atoms with Crippen LogP contribution in [0.4, 0.5) is 10.8 Å². The third-order valence-corrected chi connectivity index (χ3v) is 3.88. The quantitative estimate of drug-likeness (QED) is 0.756. The molecule has 2 rings (SSSR count). The summed E-state index contributed by atoms with van der Waals surface area (Å²) < 4.78 is 4.00. The molecule has 2 heterocycles. The van der Waals surface area contributed by atoms with Crippen LogP contribution in [0.25, 0.3) is 0 Å². The predicted octanol–water partition coefficient (Wildman–Crippen LogP) is 0.804. The van der Waals surface area contributed by atoms with Crippen LogP contribution in [0.15, 0.2) is 0 Å². The highest BCUT2D eigenvalue weighted by Gasteiger charge is 2.27. The number of rotatable bonds is 1. The van der Waals surface area contributed by atoms with Crippen molar-refractivity contribution in [3.63, 3.8) is 0 Å². The monoisotopic (exact) mass is 238 g/mol. The number of aliphatic hydroxyl groups is 1. The normalized spacial score (nSPS) is 25.4. The van der Waals surface area contributed by atoms with Crippen LogP contribution in [-0.2, 0) is 0 Å². The zero-order valence-electron chi connectivity index (χ0n) is 9.05. The van der Waals surface area contributed by atoms with Gasteiger partial charge in [-0.2, -0.15) is 9.64 Å². The number of nitriles is 1. The van der Waals surface area contributed by atoms with E-state index in [9.17, 15) is 5.11 Å². The highest BCUT2D eigenvalue weighted by Crippen LogP contribution is 2.32. The van der Waals surface area contributed by atoms with Gasteiger partial charge in [0.2, 0.25) is 0 Å². The fraction of sp³-hybridized carbons (Fsp3) is 0.600. The van der Waals surface area contributed by atoms with E-state index >= 15 is 0 Å². The number of hydrogen-bond acceptors (Lipinski definition) is 6. The van der Waals surface area contributed by atoms with Crippen molar-refractivity contribution < 1.29 is 5.11 Å². The van der Waals surface area contributed by atoms with Gasteiger partial charge in [0.25, 0.3) is 0 Å². The molecule has 0 spiro atoms. The van der Waals surface area contributed by atoms with Gasteiger partial charge in [-0.3, -0.25) is 0 Å². The SMILES string of the molecule is CC1CN(c2snc(N)c2C#N)CCC1O. The first-order chi connectivity index (χ1) is 7.63. The minimum Gasteiger partial charge on any atom is -0.393 e.